The van der Waals surface area contributed by atoms with Gasteiger partial charge in [0.2, 0.25) is 0 Å². The first-order valence-electron chi connectivity index (χ1n) is 4.59. The van der Waals surface area contributed by atoms with Crippen LogP contribution >= 0.6 is 0 Å². The molecule has 0 rings (SSSR count). The highest BCUT2D eigenvalue weighted by Gasteiger charge is 2.33. The molecule has 15 heavy (non-hydrogen) atoms. The van der Waals surface area contributed by atoms with E-state index in [4.69, 9.17) is 5.84 Å². The fourth-order valence-corrected chi connectivity index (χ4v) is 1.31. The van der Waals surface area contributed by atoms with Crippen LogP contribution in [0.25, 0.3) is 0 Å². The molecule has 0 saturated carbocycles. The number of carbonyl (C=O) groups is 1. The molecule has 0 saturated heterocycles. The van der Waals surface area contributed by atoms with Crippen molar-refractivity contribution in [2.75, 3.05) is 13.6 Å². The minimum Gasteiger partial charge on any atom is -0.293 e. The highest BCUT2D eigenvalue weighted by atomic mass is 19.4. The van der Waals surface area contributed by atoms with Gasteiger partial charge >= 0.3 is 6.18 Å². The Kier molecular flexibility index (Phi) is 5.59. The Morgan fingerprint density at radius 2 is 2.07 bits per heavy atom. The minimum absolute atomic E-state index is 0.343. The van der Waals surface area contributed by atoms with Crippen LogP contribution in [0.5, 0.6) is 0 Å². The number of nitrogens with two attached hydrogens (primary N) is 1. The zero-order valence-electron chi connectivity index (χ0n) is 8.77. The SMILES string of the molecule is CCCC(C(=O)NN)N(C)CC(F)(F)F. The number of hydrazine groups is 1. The largest absolute Gasteiger partial charge is 0.401 e. The van der Waals surface area contributed by atoms with Gasteiger partial charge in [0.1, 0.15) is 0 Å². The molecule has 0 aromatic carbocycles. The van der Waals surface area contributed by atoms with Crippen LogP contribution in [0, 0.1) is 0 Å². The third-order valence-electron chi connectivity index (χ3n) is 1.97. The third-order valence-corrected chi connectivity index (χ3v) is 1.97. The number of alkyl halides is 3. The van der Waals surface area contributed by atoms with Crippen LogP contribution in [0.4, 0.5) is 13.2 Å². The fourth-order valence-electron chi connectivity index (χ4n) is 1.31. The zero-order chi connectivity index (χ0) is 12.1. The lowest BCUT2D eigenvalue weighted by molar-refractivity contribution is -0.152. The molecule has 0 bridgehead atoms. The molecule has 90 valence electrons. The Balaban J connectivity index is 4.41. The van der Waals surface area contributed by atoms with Crippen molar-refractivity contribution in [3.05, 3.63) is 0 Å². The van der Waals surface area contributed by atoms with Gasteiger partial charge in [0.15, 0.2) is 0 Å². The summed E-state index contributed by atoms with van der Waals surface area (Å²) in [5.74, 6) is 4.30. The predicted octanol–water partition coefficient (Wildman–Crippen LogP) is 0.639. The summed E-state index contributed by atoms with van der Waals surface area (Å²) in [6.07, 6.45) is -3.36. The standard InChI is InChI=1S/C8H16F3N3O/c1-3-4-6(7(15)13-12)14(2)5-8(9,10)11/h6H,3-5,12H2,1-2H3,(H,13,15). The molecule has 0 aliphatic carbocycles. The van der Waals surface area contributed by atoms with E-state index in [1.54, 1.807) is 6.92 Å². The number of rotatable bonds is 5. The average Bonchev–Trinajstić information content (AvgIpc) is 2.10. The first-order valence-corrected chi connectivity index (χ1v) is 4.59. The molecule has 0 aliphatic heterocycles. The van der Waals surface area contributed by atoms with Crippen molar-refractivity contribution < 1.29 is 18.0 Å². The van der Waals surface area contributed by atoms with Crippen molar-refractivity contribution in [3.8, 4) is 0 Å². The van der Waals surface area contributed by atoms with Gasteiger partial charge in [0.25, 0.3) is 5.91 Å². The van der Waals surface area contributed by atoms with Crippen LogP contribution in [0.1, 0.15) is 19.8 Å². The van der Waals surface area contributed by atoms with Crippen molar-refractivity contribution in [3.63, 3.8) is 0 Å². The Bertz CT molecular complexity index is 208. The van der Waals surface area contributed by atoms with E-state index < -0.39 is 24.7 Å². The van der Waals surface area contributed by atoms with E-state index in [1.165, 1.54) is 7.05 Å². The molecule has 0 aromatic rings. The number of halogens is 3. The minimum atomic E-state index is -4.31. The summed E-state index contributed by atoms with van der Waals surface area (Å²) >= 11 is 0. The third kappa shape index (κ3) is 5.58. The van der Waals surface area contributed by atoms with Crippen molar-refractivity contribution >= 4 is 5.91 Å². The maximum atomic E-state index is 12.1. The zero-order valence-corrected chi connectivity index (χ0v) is 8.77. The summed E-state index contributed by atoms with van der Waals surface area (Å²) in [5.41, 5.74) is 1.87. The molecule has 4 nitrogen and oxygen atoms in total. The Morgan fingerprint density at radius 1 is 1.53 bits per heavy atom. The van der Waals surface area contributed by atoms with Gasteiger partial charge in [-0.2, -0.15) is 13.2 Å². The van der Waals surface area contributed by atoms with E-state index >= 15 is 0 Å². The van der Waals surface area contributed by atoms with Crippen molar-refractivity contribution in [2.24, 2.45) is 5.84 Å². The van der Waals surface area contributed by atoms with Crippen molar-refractivity contribution in [1.29, 1.82) is 0 Å². The van der Waals surface area contributed by atoms with E-state index in [0.29, 0.717) is 12.8 Å². The van der Waals surface area contributed by atoms with Gasteiger partial charge in [-0.1, -0.05) is 13.3 Å². The molecule has 0 fully saturated rings. The number of nitrogens with zero attached hydrogens (tertiary/aromatic N) is 1. The summed E-state index contributed by atoms with van der Waals surface area (Å²) in [4.78, 5) is 12.1. The first kappa shape index (κ1) is 14.2. The van der Waals surface area contributed by atoms with Crippen LogP contribution in [0.3, 0.4) is 0 Å². The molecule has 7 heteroatoms. The lowest BCUT2D eigenvalue weighted by Crippen LogP contribution is -2.50. The second-order valence-corrected chi connectivity index (χ2v) is 3.34. The van der Waals surface area contributed by atoms with E-state index in [0.717, 1.165) is 4.90 Å². The van der Waals surface area contributed by atoms with Crippen molar-refractivity contribution in [2.45, 2.75) is 32.0 Å². The molecule has 0 aromatic heterocycles. The molecule has 0 radical (unpaired) electrons. The van der Waals surface area contributed by atoms with E-state index in [-0.39, 0.29) is 0 Å². The Labute approximate surface area is 86.6 Å². The second-order valence-electron chi connectivity index (χ2n) is 3.34. The summed E-state index contributed by atoms with van der Waals surface area (Å²) < 4.78 is 36.2. The second kappa shape index (κ2) is 5.92. The number of nitrogens with one attached hydrogen (secondary N) is 1. The summed E-state index contributed by atoms with van der Waals surface area (Å²) in [5, 5.41) is 0. The molecule has 1 atom stereocenters. The van der Waals surface area contributed by atoms with Gasteiger partial charge in [0, 0.05) is 0 Å². The summed E-state index contributed by atoms with van der Waals surface area (Å²) in [6.45, 7) is 0.670. The number of amides is 1. The highest BCUT2D eigenvalue weighted by molar-refractivity contribution is 5.81. The fraction of sp³-hybridized carbons (Fsp3) is 0.875. The Hall–Kier alpha value is -0.820. The smallest absolute Gasteiger partial charge is 0.293 e. The van der Waals surface area contributed by atoms with E-state index in [9.17, 15) is 18.0 Å². The van der Waals surface area contributed by atoms with E-state index in [2.05, 4.69) is 0 Å². The van der Waals surface area contributed by atoms with Gasteiger partial charge in [-0.25, -0.2) is 5.84 Å². The number of carbonyl (C=O) groups excluding carboxylic acids is 1. The molecule has 3 N–H and O–H groups in total. The molecule has 0 spiro atoms. The molecular formula is C8H16F3N3O. The monoisotopic (exact) mass is 227 g/mol. The normalized spacial score (nSPS) is 14.1. The molecule has 1 amide bonds. The highest BCUT2D eigenvalue weighted by Crippen LogP contribution is 2.18. The quantitative estimate of drug-likeness (QED) is 0.411. The number of likely N-dealkylation sites (N-methyl/N-ethyl adjacent to an activating group) is 1. The van der Waals surface area contributed by atoms with Gasteiger partial charge in [-0.15, -0.1) is 0 Å². The number of hydrogen-bond donors (Lipinski definition) is 2. The van der Waals surface area contributed by atoms with Crippen LogP contribution in [0.15, 0.2) is 0 Å². The molecular weight excluding hydrogens is 211 g/mol. The van der Waals surface area contributed by atoms with Gasteiger partial charge in [-0.05, 0) is 13.5 Å². The molecule has 0 heterocycles. The van der Waals surface area contributed by atoms with Crippen molar-refractivity contribution in [1.82, 2.24) is 10.3 Å². The van der Waals surface area contributed by atoms with Gasteiger partial charge < -0.3 is 0 Å². The predicted molar refractivity (Wildman–Crippen MR) is 49.7 cm³/mol. The van der Waals surface area contributed by atoms with Crippen LogP contribution in [-0.4, -0.2) is 36.6 Å². The lowest BCUT2D eigenvalue weighted by atomic mass is 10.1. The first-order chi connectivity index (χ1) is 6.81. The summed E-state index contributed by atoms with van der Waals surface area (Å²) in [7, 11) is 1.25. The van der Waals surface area contributed by atoms with Crippen LogP contribution in [-0.2, 0) is 4.79 Å². The van der Waals surface area contributed by atoms with E-state index in [1.807, 2.05) is 5.43 Å². The van der Waals surface area contributed by atoms with Crippen LogP contribution in [0.2, 0.25) is 0 Å². The van der Waals surface area contributed by atoms with Gasteiger partial charge in [0.05, 0.1) is 12.6 Å². The van der Waals surface area contributed by atoms with Crippen LogP contribution < -0.4 is 11.3 Å². The average molecular weight is 227 g/mol. The molecule has 1 unspecified atom stereocenters. The topological polar surface area (TPSA) is 58.4 Å². The Morgan fingerprint density at radius 3 is 2.40 bits per heavy atom. The molecule has 0 aliphatic rings. The maximum absolute atomic E-state index is 12.1. The maximum Gasteiger partial charge on any atom is 0.401 e. The van der Waals surface area contributed by atoms with Gasteiger partial charge in [-0.3, -0.25) is 15.1 Å². The number of hydrogen-bond acceptors (Lipinski definition) is 3. The summed E-state index contributed by atoms with van der Waals surface area (Å²) in [6, 6.07) is -0.832. The lowest BCUT2D eigenvalue weighted by Gasteiger charge is -2.26.